The lowest BCUT2D eigenvalue weighted by Gasteiger charge is -2.10. The lowest BCUT2D eigenvalue weighted by atomic mass is 10.0. The molecule has 0 fully saturated rings. The molecule has 0 aliphatic carbocycles. The molecule has 9 rings (SSSR count). The maximum Gasteiger partial charge on any atom is 0.164 e. The highest BCUT2D eigenvalue weighted by Gasteiger charge is 2.19. The summed E-state index contributed by atoms with van der Waals surface area (Å²) < 4.78 is 12.6. The number of hydrogen-bond donors (Lipinski definition) is 0. The van der Waals surface area contributed by atoms with Gasteiger partial charge in [-0.1, -0.05) is 97.1 Å². The molecule has 0 amide bonds. The Morgan fingerprint density at radius 1 is 0.405 bits per heavy atom. The number of para-hydroxylation sites is 2. The van der Waals surface area contributed by atoms with Gasteiger partial charge in [0, 0.05) is 43.6 Å². The number of aromatic nitrogens is 3. The van der Waals surface area contributed by atoms with E-state index in [1.54, 1.807) is 0 Å². The third-order valence-electron chi connectivity index (χ3n) is 7.93. The highest BCUT2D eigenvalue weighted by Crippen LogP contribution is 2.39. The first-order chi connectivity index (χ1) is 20.8. The summed E-state index contributed by atoms with van der Waals surface area (Å²) in [6.45, 7) is 0. The Kier molecular flexibility index (Phi) is 4.83. The molecule has 196 valence electrons. The second-order valence-electron chi connectivity index (χ2n) is 10.4. The highest BCUT2D eigenvalue weighted by atomic mass is 16.3. The van der Waals surface area contributed by atoms with Crippen LogP contribution < -0.4 is 0 Å². The fourth-order valence-corrected chi connectivity index (χ4v) is 5.95. The lowest BCUT2D eigenvalue weighted by Crippen LogP contribution is -2.00. The number of benzene rings is 6. The molecule has 0 radical (unpaired) electrons. The van der Waals surface area contributed by atoms with E-state index in [1.165, 1.54) is 0 Å². The van der Waals surface area contributed by atoms with E-state index in [1.807, 2.05) is 78.9 Å². The minimum atomic E-state index is 0.579. The van der Waals surface area contributed by atoms with Crippen molar-refractivity contribution in [2.24, 2.45) is 0 Å². The molecule has 0 aliphatic rings. The Morgan fingerprint density at radius 3 is 1.88 bits per heavy atom. The summed E-state index contributed by atoms with van der Waals surface area (Å²) in [4.78, 5) is 15.0. The predicted octanol–water partition coefficient (Wildman–Crippen LogP) is 9.82. The van der Waals surface area contributed by atoms with Crippen molar-refractivity contribution in [1.82, 2.24) is 15.0 Å². The van der Waals surface area contributed by atoms with Crippen molar-refractivity contribution < 1.29 is 8.83 Å². The van der Waals surface area contributed by atoms with Crippen LogP contribution in [0.1, 0.15) is 0 Å². The summed E-state index contributed by atoms with van der Waals surface area (Å²) in [5.74, 6) is 1.77. The van der Waals surface area contributed by atoms with Crippen molar-refractivity contribution in [2.45, 2.75) is 0 Å². The van der Waals surface area contributed by atoms with Crippen molar-refractivity contribution in [3.63, 3.8) is 0 Å². The van der Waals surface area contributed by atoms with Gasteiger partial charge in [0.05, 0.1) is 0 Å². The zero-order chi connectivity index (χ0) is 27.6. The van der Waals surface area contributed by atoms with E-state index < -0.39 is 0 Å². The smallest absolute Gasteiger partial charge is 0.164 e. The lowest BCUT2D eigenvalue weighted by molar-refractivity contribution is 0.669. The molecule has 5 heteroatoms. The van der Waals surface area contributed by atoms with E-state index >= 15 is 0 Å². The minimum absolute atomic E-state index is 0.579. The molecule has 0 atom stereocenters. The van der Waals surface area contributed by atoms with Crippen molar-refractivity contribution in [3.8, 4) is 34.2 Å². The van der Waals surface area contributed by atoms with Crippen LogP contribution in [-0.2, 0) is 0 Å². The van der Waals surface area contributed by atoms with Crippen LogP contribution in [0.2, 0.25) is 0 Å². The molecule has 0 saturated carbocycles. The van der Waals surface area contributed by atoms with Gasteiger partial charge in [-0.15, -0.1) is 0 Å². The standard InChI is InChI=1S/C37H21N3O2/c1-2-9-23(10-3-1)35-38-36(24-18-19-27-25-12-4-6-15-30(25)41-32(27)21-24)40-37(39-35)29-14-8-11-22-17-20-28-26-13-5-7-16-31(26)42-34(28)33(22)29/h1-21H. The minimum Gasteiger partial charge on any atom is -0.456 e. The van der Waals surface area contributed by atoms with E-state index in [9.17, 15) is 0 Å². The van der Waals surface area contributed by atoms with Gasteiger partial charge in [0.1, 0.15) is 22.3 Å². The quantitative estimate of drug-likeness (QED) is 0.224. The van der Waals surface area contributed by atoms with Crippen molar-refractivity contribution >= 4 is 54.6 Å². The van der Waals surface area contributed by atoms with Gasteiger partial charge in [-0.2, -0.15) is 0 Å². The largest absolute Gasteiger partial charge is 0.456 e. The molecule has 0 N–H and O–H groups in total. The number of nitrogens with zero attached hydrogens (tertiary/aromatic N) is 3. The van der Waals surface area contributed by atoms with Crippen molar-refractivity contribution in [2.75, 3.05) is 0 Å². The Hall–Kier alpha value is -5.81. The van der Waals surface area contributed by atoms with E-state index in [0.29, 0.717) is 17.5 Å². The maximum absolute atomic E-state index is 6.45. The second-order valence-corrected chi connectivity index (χ2v) is 10.4. The fraction of sp³-hybridized carbons (Fsp3) is 0. The van der Waals surface area contributed by atoms with Gasteiger partial charge in [0.15, 0.2) is 17.5 Å². The van der Waals surface area contributed by atoms with Gasteiger partial charge < -0.3 is 8.83 Å². The third kappa shape index (κ3) is 3.47. The Bertz CT molecular complexity index is 2470. The molecule has 0 unspecified atom stereocenters. The normalized spacial score (nSPS) is 11.8. The topological polar surface area (TPSA) is 65.0 Å². The molecule has 0 spiro atoms. The average Bonchev–Trinajstić information content (AvgIpc) is 3.63. The van der Waals surface area contributed by atoms with Crippen molar-refractivity contribution in [3.05, 3.63) is 127 Å². The first kappa shape index (κ1) is 22.9. The zero-order valence-corrected chi connectivity index (χ0v) is 22.3. The molecule has 3 heterocycles. The van der Waals surface area contributed by atoms with E-state index in [0.717, 1.165) is 71.3 Å². The first-order valence-corrected chi connectivity index (χ1v) is 13.9. The van der Waals surface area contributed by atoms with E-state index in [2.05, 4.69) is 48.5 Å². The summed E-state index contributed by atoms with van der Waals surface area (Å²) in [5.41, 5.74) is 6.01. The summed E-state index contributed by atoms with van der Waals surface area (Å²) >= 11 is 0. The molecule has 0 bridgehead atoms. The summed E-state index contributed by atoms with van der Waals surface area (Å²) in [6.07, 6.45) is 0. The fourth-order valence-electron chi connectivity index (χ4n) is 5.95. The monoisotopic (exact) mass is 539 g/mol. The summed E-state index contributed by atoms with van der Waals surface area (Å²) in [6, 6.07) is 42.9. The highest BCUT2D eigenvalue weighted by molar-refractivity contribution is 6.18. The Labute approximate surface area is 239 Å². The molecule has 42 heavy (non-hydrogen) atoms. The number of fused-ring (bicyclic) bond motifs is 8. The molecule has 0 saturated heterocycles. The van der Waals surface area contributed by atoms with Gasteiger partial charge >= 0.3 is 0 Å². The number of furan rings is 2. The second kappa shape index (κ2) is 8.85. The van der Waals surface area contributed by atoms with E-state index in [-0.39, 0.29) is 0 Å². The van der Waals surface area contributed by atoms with Gasteiger partial charge in [0.25, 0.3) is 0 Å². The van der Waals surface area contributed by atoms with Gasteiger partial charge in [-0.25, -0.2) is 15.0 Å². The Balaban J connectivity index is 1.32. The predicted molar refractivity (Wildman–Crippen MR) is 168 cm³/mol. The molecule has 5 nitrogen and oxygen atoms in total. The zero-order valence-electron chi connectivity index (χ0n) is 22.3. The number of hydrogen-bond acceptors (Lipinski definition) is 5. The molecular formula is C37H21N3O2. The third-order valence-corrected chi connectivity index (χ3v) is 7.93. The van der Waals surface area contributed by atoms with Gasteiger partial charge in [-0.05, 0) is 35.7 Å². The van der Waals surface area contributed by atoms with Crippen molar-refractivity contribution in [1.29, 1.82) is 0 Å². The van der Waals surface area contributed by atoms with Crippen LogP contribution in [0.25, 0.3) is 88.8 Å². The van der Waals surface area contributed by atoms with Gasteiger partial charge in [0.2, 0.25) is 0 Å². The molecule has 6 aromatic carbocycles. The van der Waals surface area contributed by atoms with Crippen LogP contribution in [0, 0.1) is 0 Å². The van der Waals surface area contributed by atoms with E-state index in [4.69, 9.17) is 23.8 Å². The van der Waals surface area contributed by atoms with Gasteiger partial charge in [-0.3, -0.25) is 0 Å². The SMILES string of the molecule is c1ccc(-c2nc(-c3ccc4c(c3)oc3ccccc34)nc(-c3cccc4ccc5c6ccccc6oc5c34)n2)cc1. The molecule has 9 aromatic rings. The Morgan fingerprint density at radius 2 is 1.05 bits per heavy atom. The average molecular weight is 540 g/mol. The first-order valence-electron chi connectivity index (χ1n) is 13.9. The molecule has 0 aliphatic heterocycles. The molecule has 3 aromatic heterocycles. The molecular weight excluding hydrogens is 518 g/mol. The summed E-state index contributed by atoms with van der Waals surface area (Å²) in [7, 11) is 0. The van der Waals surface area contributed by atoms with Crippen LogP contribution in [0.5, 0.6) is 0 Å². The maximum atomic E-state index is 6.45. The van der Waals surface area contributed by atoms with Crippen LogP contribution in [0.4, 0.5) is 0 Å². The van der Waals surface area contributed by atoms with Crippen LogP contribution in [-0.4, -0.2) is 15.0 Å². The van der Waals surface area contributed by atoms with Crippen LogP contribution in [0.15, 0.2) is 136 Å². The van der Waals surface area contributed by atoms with Crippen LogP contribution >= 0.6 is 0 Å². The van der Waals surface area contributed by atoms with Crippen LogP contribution in [0.3, 0.4) is 0 Å². The summed E-state index contributed by atoms with van der Waals surface area (Å²) in [5, 5.41) is 6.35. The number of rotatable bonds is 3.